The molecule has 1 N–H and O–H groups in total. The maximum Gasteiger partial charge on any atom is 0.0410 e. The molecule has 0 bridgehead atoms. The topological polar surface area (TPSA) is 37.8 Å². The third kappa shape index (κ3) is 4.73. The summed E-state index contributed by atoms with van der Waals surface area (Å²) in [5, 5.41) is 3.37. The van der Waals surface area contributed by atoms with Crippen molar-refractivity contribution >= 4 is 15.9 Å². The van der Waals surface area contributed by atoms with Crippen LogP contribution in [0.5, 0.6) is 0 Å². The second kappa shape index (κ2) is 7.36. The summed E-state index contributed by atoms with van der Waals surface area (Å²) in [4.78, 5) is 8.56. The summed E-state index contributed by atoms with van der Waals surface area (Å²) in [6, 6.07) is 8.63. The van der Waals surface area contributed by atoms with Gasteiger partial charge in [0.2, 0.25) is 0 Å². The van der Waals surface area contributed by atoms with Crippen molar-refractivity contribution in [2.45, 2.75) is 25.3 Å². The summed E-state index contributed by atoms with van der Waals surface area (Å²) in [7, 11) is 2.01. The summed E-state index contributed by atoms with van der Waals surface area (Å²) < 4.78 is 1.03. The van der Waals surface area contributed by atoms with Gasteiger partial charge in [0.1, 0.15) is 0 Å². The molecular weight excluding hydrogens is 302 g/mol. The van der Waals surface area contributed by atoms with Crippen molar-refractivity contribution in [1.29, 1.82) is 0 Å². The first-order valence-electron chi connectivity index (χ1n) is 6.44. The van der Waals surface area contributed by atoms with Gasteiger partial charge in [-0.1, -0.05) is 6.07 Å². The quantitative estimate of drug-likeness (QED) is 0.889. The Hall–Kier alpha value is -1.26. The highest BCUT2D eigenvalue weighted by Gasteiger charge is 2.08. The highest BCUT2D eigenvalue weighted by Crippen LogP contribution is 2.13. The Bertz CT molecular complexity index is 502. The number of likely N-dealkylation sites (N-methyl/N-ethyl adjacent to an activating group) is 1. The minimum absolute atomic E-state index is 0.443. The van der Waals surface area contributed by atoms with Crippen LogP contribution < -0.4 is 5.32 Å². The molecule has 0 saturated carbocycles. The molecule has 2 aromatic rings. The number of halogens is 1. The van der Waals surface area contributed by atoms with Crippen molar-refractivity contribution < 1.29 is 0 Å². The fourth-order valence-electron chi connectivity index (χ4n) is 2.07. The van der Waals surface area contributed by atoms with E-state index in [2.05, 4.69) is 43.3 Å². The van der Waals surface area contributed by atoms with Gasteiger partial charge in [-0.25, -0.2) is 0 Å². The van der Waals surface area contributed by atoms with Gasteiger partial charge < -0.3 is 5.32 Å². The van der Waals surface area contributed by atoms with E-state index in [0.717, 1.165) is 29.4 Å². The fraction of sp³-hybridized carbons (Fsp3) is 0.333. The summed E-state index contributed by atoms with van der Waals surface area (Å²) in [5.74, 6) is 0. The van der Waals surface area contributed by atoms with Crippen molar-refractivity contribution in [1.82, 2.24) is 15.3 Å². The van der Waals surface area contributed by atoms with E-state index in [0.29, 0.717) is 6.04 Å². The van der Waals surface area contributed by atoms with Crippen molar-refractivity contribution in [2.24, 2.45) is 0 Å². The number of rotatable bonds is 6. The van der Waals surface area contributed by atoms with Gasteiger partial charge in [-0.15, -0.1) is 0 Å². The van der Waals surface area contributed by atoms with E-state index in [9.17, 15) is 0 Å². The molecule has 1 unspecified atom stereocenters. The summed E-state index contributed by atoms with van der Waals surface area (Å²) in [6.07, 6.45) is 8.63. The van der Waals surface area contributed by atoms with Crippen LogP contribution in [0.1, 0.15) is 17.7 Å². The van der Waals surface area contributed by atoms with Crippen LogP contribution >= 0.6 is 15.9 Å². The minimum Gasteiger partial charge on any atom is -0.317 e. The molecule has 2 rings (SSSR count). The highest BCUT2D eigenvalue weighted by molar-refractivity contribution is 9.10. The zero-order valence-electron chi connectivity index (χ0n) is 11.0. The van der Waals surface area contributed by atoms with Crippen LogP contribution in [0.25, 0.3) is 0 Å². The van der Waals surface area contributed by atoms with E-state index < -0.39 is 0 Å². The van der Waals surface area contributed by atoms with Gasteiger partial charge in [-0.05, 0) is 66.0 Å². The van der Waals surface area contributed by atoms with Gasteiger partial charge in [-0.3, -0.25) is 9.97 Å². The van der Waals surface area contributed by atoms with E-state index in [1.165, 1.54) is 5.56 Å². The number of hydrogen-bond donors (Lipinski definition) is 1. The van der Waals surface area contributed by atoms with Crippen molar-refractivity contribution in [3.8, 4) is 0 Å². The van der Waals surface area contributed by atoms with Gasteiger partial charge in [-0.2, -0.15) is 0 Å². The smallest absolute Gasteiger partial charge is 0.0410 e. The summed E-state index contributed by atoms with van der Waals surface area (Å²) in [6.45, 7) is 0. The Morgan fingerprint density at radius 1 is 1.32 bits per heavy atom. The van der Waals surface area contributed by atoms with Gasteiger partial charge in [0.05, 0.1) is 0 Å². The van der Waals surface area contributed by atoms with Crippen LogP contribution in [0.3, 0.4) is 0 Å². The molecule has 1 atom stereocenters. The molecule has 0 fully saturated rings. The second-order valence-corrected chi connectivity index (χ2v) is 5.48. The number of pyridine rings is 2. The highest BCUT2D eigenvalue weighted by atomic mass is 79.9. The standard InChI is InChI=1S/C15H18BrN3/c1-17-15(6-5-14-4-2-3-7-19-14)9-12-8-13(16)11-18-10-12/h2-4,7-8,10-11,15,17H,5-6,9H2,1H3. The van der Waals surface area contributed by atoms with Crippen molar-refractivity contribution in [3.05, 3.63) is 58.6 Å². The lowest BCUT2D eigenvalue weighted by Gasteiger charge is -2.16. The molecule has 100 valence electrons. The zero-order chi connectivity index (χ0) is 13.5. The monoisotopic (exact) mass is 319 g/mol. The van der Waals surface area contributed by atoms with Crippen LogP contribution in [-0.2, 0) is 12.8 Å². The molecule has 2 heterocycles. The summed E-state index contributed by atoms with van der Waals surface area (Å²) >= 11 is 3.46. The van der Waals surface area contributed by atoms with Crippen LogP contribution in [-0.4, -0.2) is 23.1 Å². The van der Waals surface area contributed by atoms with Gasteiger partial charge in [0.15, 0.2) is 0 Å². The van der Waals surface area contributed by atoms with Gasteiger partial charge >= 0.3 is 0 Å². The largest absolute Gasteiger partial charge is 0.317 e. The lowest BCUT2D eigenvalue weighted by Crippen LogP contribution is -2.28. The molecule has 19 heavy (non-hydrogen) atoms. The third-order valence-electron chi connectivity index (χ3n) is 3.13. The molecule has 0 saturated heterocycles. The molecule has 0 spiro atoms. The van der Waals surface area contributed by atoms with Crippen LogP contribution in [0.15, 0.2) is 47.3 Å². The summed E-state index contributed by atoms with van der Waals surface area (Å²) in [5.41, 5.74) is 2.39. The van der Waals surface area contributed by atoms with Crippen molar-refractivity contribution in [3.63, 3.8) is 0 Å². The molecule has 2 aromatic heterocycles. The lowest BCUT2D eigenvalue weighted by atomic mass is 10.0. The number of hydrogen-bond acceptors (Lipinski definition) is 3. The maximum absolute atomic E-state index is 4.36. The molecule has 0 aromatic carbocycles. The zero-order valence-corrected chi connectivity index (χ0v) is 12.6. The second-order valence-electron chi connectivity index (χ2n) is 4.56. The van der Waals surface area contributed by atoms with E-state index in [1.807, 2.05) is 37.8 Å². The first-order chi connectivity index (χ1) is 9.28. The first kappa shape index (κ1) is 14.2. The van der Waals surface area contributed by atoms with Crippen LogP contribution in [0.2, 0.25) is 0 Å². The Kier molecular flexibility index (Phi) is 5.48. The SMILES string of the molecule is CNC(CCc1ccccn1)Cc1cncc(Br)c1. The molecule has 3 nitrogen and oxygen atoms in total. The molecule has 0 aliphatic carbocycles. The molecule has 0 amide bonds. The molecule has 4 heteroatoms. The molecular formula is C15H18BrN3. The Morgan fingerprint density at radius 3 is 2.89 bits per heavy atom. The Morgan fingerprint density at radius 2 is 2.21 bits per heavy atom. The molecule has 0 aliphatic heterocycles. The Balaban J connectivity index is 1.90. The van der Waals surface area contributed by atoms with Gasteiger partial charge in [0, 0.05) is 34.8 Å². The molecule has 0 radical (unpaired) electrons. The number of nitrogens with one attached hydrogen (secondary N) is 1. The van der Waals surface area contributed by atoms with Crippen LogP contribution in [0, 0.1) is 0 Å². The van der Waals surface area contributed by atoms with E-state index >= 15 is 0 Å². The number of aromatic nitrogens is 2. The average molecular weight is 320 g/mol. The minimum atomic E-state index is 0.443. The van der Waals surface area contributed by atoms with E-state index in [1.54, 1.807) is 0 Å². The lowest BCUT2D eigenvalue weighted by molar-refractivity contribution is 0.516. The normalized spacial score (nSPS) is 12.3. The van der Waals surface area contributed by atoms with E-state index in [4.69, 9.17) is 0 Å². The van der Waals surface area contributed by atoms with Gasteiger partial charge in [0.25, 0.3) is 0 Å². The number of nitrogens with zero attached hydrogens (tertiary/aromatic N) is 2. The maximum atomic E-state index is 4.36. The van der Waals surface area contributed by atoms with E-state index in [-0.39, 0.29) is 0 Å². The fourth-order valence-corrected chi connectivity index (χ4v) is 2.48. The Labute approximate surface area is 122 Å². The average Bonchev–Trinajstić information content (AvgIpc) is 2.44. The first-order valence-corrected chi connectivity index (χ1v) is 7.24. The van der Waals surface area contributed by atoms with Crippen LogP contribution in [0.4, 0.5) is 0 Å². The number of aryl methyl sites for hydroxylation is 1. The predicted molar refractivity (Wildman–Crippen MR) is 81.0 cm³/mol. The third-order valence-corrected chi connectivity index (χ3v) is 3.56. The van der Waals surface area contributed by atoms with Crippen molar-refractivity contribution in [2.75, 3.05) is 7.05 Å². The predicted octanol–water partition coefficient (Wildman–Crippen LogP) is 3.00. The molecule has 0 aliphatic rings.